The molecule has 3 heterocycles. The molecule has 3 fully saturated rings. The van der Waals surface area contributed by atoms with Gasteiger partial charge in [-0.25, -0.2) is 4.99 Å². The third-order valence-electron chi connectivity index (χ3n) is 8.84. The first kappa shape index (κ1) is 41.8. The summed E-state index contributed by atoms with van der Waals surface area (Å²) in [6, 6.07) is 10.2. The SMILES string of the molecule is C=C1CCC1.CC.CC[C@H]1COC(N2CCN(C)[C@H](C)C2)=N1.CNCc1ccc(CN)cc1.O=CCCCCCN1CCCCC1. The number of likely N-dealkylation sites (tertiary alicyclic amines) is 1. The van der Waals surface area contributed by atoms with E-state index in [1.165, 1.54) is 87.7 Å². The van der Waals surface area contributed by atoms with Crippen molar-refractivity contribution in [1.82, 2.24) is 20.0 Å². The Bertz CT molecular complexity index is 926. The molecule has 5 rings (SSSR count). The van der Waals surface area contributed by atoms with Gasteiger partial charge in [0.1, 0.15) is 12.9 Å². The number of carbonyl (C=O) groups excluding carboxylic acids is 1. The number of hydrogen-bond donors (Lipinski definition) is 2. The minimum absolute atomic E-state index is 0.384. The summed E-state index contributed by atoms with van der Waals surface area (Å²) >= 11 is 0. The van der Waals surface area contributed by atoms with Crippen molar-refractivity contribution in [3.63, 3.8) is 0 Å². The molecule has 0 unspecified atom stereocenters. The Labute approximate surface area is 283 Å². The van der Waals surface area contributed by atoms with Crippen molar-refractivity contribution in [3.05, 3.63) is 47.5 Å². The lowest BCUT2D eigenvalue weighted by molar-refractivity contribution is -0.107. The van der Waals surface area contributed by atoms with Gasteiger partial charge in [-0.1, -0.05) is 70.0 Å². The van der Waals surface area contributed by atoms with Crippen LogP contribution in [0.4, 0.5) is 0 Å². The zero-order chi connectivity index (χ0) is 34.0. The smallest absolute Gasteiger partial charge is 0.287 e. The molecule has 8 heteroatoms. The van der Waals surface area contributed by atoms with Gasteiger partial charge in [0, 0.05) is 45.2 Å². The number of allylic oxidation sites excluding steroid dienone is 1. The summed E-state index contributed by atoms with van der Waals surface area (Å²) < 4.78 is 5.64. The molecule has 0 spiro atoms. The summed E-state index contributed by atoms with van der Waals surface area (Å²) in [5.74, 6) is 0. The van der Waals surface area contributed by atoms with Gasteiger partial charge in [-0.15, -0.1) is 0 Å². The van der Waals surface area contributed by atoms with Crippen molar-refractivity contribution in [1.29, 1.82) is 0 Å². The fraction of sp³-hybridized carbons (Fsp3) is 0.737. The number of ether oxygens (including phenoxy) is 1. The largest absolute Gasteiger partial charge is 0.463 e. The van der Waals surface area contributed by atoms with E-state index < -0.39 is 0 Å². The van der Waals surface area contributed by atoms with E-state index in [9.17, 15) is 4.79 Å². The van der Waals surface area contributed by atoms with Crippen LogP contribution in [-0.2, 0) is 22.6 Å². The Morgan fingerprint density at radius 3 is 2.15 bits per heavy atom. The predicted octanol–water partition coefficient (Wildman–Crippen LogP) is 6.64. The van der Waals surface area contributed by atoms with Crippen molar-refractivity contribution < 1.29 is 9.53 Å². The lowest BCUT2D eigenvalue weighted by atomic mass is 9.95. The van der Waals surface area contributed by atoms with Gasteiger partial charge >= 0.3 is 0 Å². The summed E-state index contributed by atoms with van der Waals surface area (Å²) in [7, 11) is 4.12. The van der Waals surface area contributed by atoms with Crippen LogP contribution in [0, 0.1) is 0 Å². The number of piperazine rings is 1. The number of rotatable bonds is 10. The molecule has 2 saturated heterocycles. The van der Waals surface area contributed by atoms with Crippen molar-refractivity contribution in [2.45, 2.75) is 123 Å². The van der Waals surface area contributed by atoms with Gasteiger partial charge in [-0.2, -0.15) is 0 Å². The summed E-state index contributed by atoms with van der Waals surface area (Å²) in [5.41, 5.74) is 9.37. The minimum Gasteiger partial charge on any atom is -0.463 e. The Kier molecular flexibility index (Phi) is 24.3. The molecule has 0 amide bonds. The number of carbonyl (C=O) groups is 1. The average Bonchev–Trinajstić information content (AvgIpc) is 3.57. The number of amidine groups is 1. The number of aldehydes is 1. The molecule has 1 saturated carbocycles. The number of unbranched alkanes of at least 4 members (excludes halogenated alkanes) is 3. The van der Waals surface area contributed by atoms with E-state index >= 15 is 0 Å². The molecule has 0 radical (unpaired) electrons. The molecule has 0 bridgehead atoms. The Hall–Kier alpha value is -2.26. The third-order valence-corrected chi connectivity index (χ3v) is 8.84. The van der Waals surface area contributed by atoms with Crippen LogP contribution in [0.3, 0.4) is 0 Å². The maximum absolute atomic E-state index is 10.1. The van der Waals surface area contributed by atoms with Gasteiger partial charge in [0.25, 0.3) is 6.02 Å². The molecular formula is C38H70N6O2. The molecule has 0 aromatic heterocycles. The maximum Gasteiger partial charge on any atom is 0.287 e. The summed E-state index contributed by atoms with van der Waals surface area (Å²) in [6.07, 6.45) is 14.6. The third kappa shape index (κ3) is 18.2. The Morgan fingerprint density at radius 1 is 1.00 bits per heavy atom. The monoisotopic (exact) mass is 643 g/mol. The predicted molar refractivity (Wildman–Crippen MR) is 197 cm³/mol. The van der Waals surface area contributed by atoms with E-state index in [1.54, 1.807) is 0 Å². The van der Waals surface area contributed by atoms with E-state index in [-0.39, 0.29) is 0 Å². The summed E-state index contributed by atoms with van der Waals surface area (Å²) in [5, 5.41) is 3.09. The van der Waals surface area contributed by atoms with Gasteiger partial charge in [0.15, 0.2) is 0 Å². The highest BCUT2D eigenvalue weighted by atomic mass is 16.5. The van der Waals surface area contributed by atoms with Crippen LogP contribution in [0.1, 0.15) is 109 Å². The number of nitrogens with zero attached hydrogens (tertiary/aromatic N) is 4. The van der Waals surface area contributed by atoms with Crippen LogP contribution < -0.4 is 11.1 Å². The topological polar surface area (TPSA) is 86.4 Å². The van der Waals surface area contributed by atoms with E-state index in [2.05, 4.69) is 76.7 Å². The van der Waals surface area contributed by atoms with E-state index in [4.69, 9.17) is 10.5 Å². The Balaban J connectivity index is 0.000000315. The first-order valence-corrected chi connectivity index (χ1v) is 18.3. The van der Waals surface area contributed by atoms with Crippen molar-refractivity contribution >= 4 is 12.3 Å². The van der Waals surface area contributed by atoms with Crippen LogP contribution in [-0.4, -0.2) is 99.1 Å². The van der Waals surface area contributed by atoms with Gasteiger partial charge < -0.3 is 35.3 Å². The normalized spacial score (nSPS) is 20.9. The minimum atomic E-state index is 0.384. The number of nitrogens with one attached hydrogen (secondary N) is 1. The summed E-state index contributed by atoms with van der Waals surface area (Å²) in [4.78, 5) is 21.9. The first-order valence-electron chi connectivity index (χ1n) is 18.3. The van der Waals surface area contributed by atoms with Crippen LogP contribution in [0.5, 0.6) is 0 Å². The number of piperidine rings is 1. The quantitative estimate of drug-likeness (QED) is 0.168. The lowest BCUT2D eigenvalue weighted by Gasteiger charge is -2.37. The standard InChI is InChI=1S/C11H21N3O.C11H21NO.C9H14N2.C5H8.C2H6/c1-4-10-8-15-11(12-10)14-6-5-13(3)9(2)7-14;13-11-7-2-1-4-8-12-9-5-3-6-10-12;1-11-7-9-4-2-8(6-10)3-5-9;1-5-3-2-4-5;1-2/h9-10H,4-8H2,1-3H3;11H,1-10H2;2-5,11H,6-7,10H2,1H3;1-4H2;1-2H3/t9-,10+;;;;/m1..../s1. The van der Waals surface area contributed by atoms with Crippen LogP contribution in [0.25, 0.3) is 0 Å². The number of hydrogen-bond acceptors (Lipinski definition) is 8. The van der Waals surface area contributed by atoms with E-state index in [0.717, 1.165) is 64.4 Å². The van der Waals surface area contributed by atoms with Crippen LogP contribution in [0.2, 0.25) is 0 Å². The fourth-order valence-electron chi connectivity index (χ4n) is 5.35. The molecule has 1 aromatic rings. The molecule has 3 aliphatic heterocycles. The zero-order valence-corrected chi connectivity index (χ0v) is 30.6. The fourth-order valence-corrected chi connectivity index (χ4v) is 5.35. The second-order valence-electron chi connectivity index (χ2n) is 12.6. The molecule has 46 heavy (non-hydrogen) atoms. The Morgan fingerprint density at radius 2 is 1.65 bits per heavy atom. The molecule has 3 N–H and O–H groups in total. The number of likely N-dealkylation sites (N-methyl/N-ethyl adjacent to an activating group) is 1. The lowest BCUT2D eigenvalue weighted by Crippen LogP contribution is -2.52. The van der Waals surface area contributed by atoms with Gasteiger partial charge in [-0.05, 0) is 103 Å². The molecule has 8 nitrogen and oxygen atoms in total. The molecule has 2 atom stereocenters. The van der Waals surface area contributed by atoms with E-state index in [0.29, 0.717) is 18.6 Å². The summed E-state index contributed by atoms with van der Waals surface area (Å²) in [6.45, 7) is 21.5. The number of benzene rings is 1. The second kappa shape index (κ2) is 26.8. The molecule has 264 valence electrons. The highest BCUT2D eigenvalue weighted by molar-refractivity contribution is 5.75. The van der Waals surface area contributed by atoms with Crippen molar-refractivity contribution in [3.8, 4) is 0 Å². The van der Waals surface area contributed by atoms with E-state index in [1.807, 2.05) is 20.9 Å². The van der Waals surface area contributed by atoms with Crippen LogP contribution >= 0.6 is 0 Å². The second-order valence-corrected chi connectivity index (χ2v) is 12.6. The van der Waals surface area contributed by atoms with Gasteiger partial charge in [-0.3, -0.25) is 0 Å². The zero-order valence-electron chi connectivity index (χ0n) is 30.6. The molecule has 1 aliphatic carbocycles. The van der Waals surface area contributed by atoms with Crippen molar-refractivity contribution in [2.24, 2.45) is 10.7 Å². The number of aliphatic imine (C=N–C) groups is 1. The van der Waals surface area contributed by atoms with Crippen LogP contribution in [0.15, 0.2) is 41.4 Å². The van der Waals surface area contributed by atoms with Gasteiger partial charge in [0.05, 0.1) is 6.04 Å². The van der Waals surface area contributed by atoms with Crippen molar-refractivity contribution in [2.75, 3.05) is 60.0 Å². The first-order chi connectivity index (χ1) is 22.4. The molecular weight excluding hydrogens is 572 g/mol. The average molecular weight is 643 g/mol. The molecule has 1 aromatic carbocycles. The molecule has 4 aliphatic rings. The number of nitrogens with two attached hydrogens (primary N) is 1. The highest BCUT2D eigenvalue weighted by Crippen LogP contribution is 2.22. The maximum atomic E-state index is 10.1. The van der Waals surface area contributed by atoms with Gasteiger partial charge in [0.2, 0.25) is 0 Å². The highest BCUT2D eigenvalue weighted by Gasteiger charge is 2.27.